The van der Waals surface area contributed by atoms with Gasteiger partial charge in [0, 0.05) is 0 Å². The molecule has 1 rings (SSSR count). The molecule has 1 nitrogen and oxygen atoms in total. The van der Waals surface area contributed by atoms with Gasteiger partial charge in [-0.05, 0) is 60.8 Å². The van der Waals surface area contributed by atoms with Gasteiger partial charge in [-0.1, -0.05) is 148 Å². The molecule has 0 spiro atoms. The monoisotopic (exact) mass is 513 g/mol. The highest BCUT2D eigenvalue weighted by atomic mass is 28.2. The summed E-state index contributed by atoms with van der Waals surface area (Å²) in [5.41, 5.74) is 6.39. The number of benzene rings is 1. The summed E-state index contributed by atoms with van der Waals surface area (Å²) >= 11 is 0. The third-order valence-electron chi connectivity index (χ3n) is 7.96. The second-order valence-corrected chi connectivity index (χ2v) is 11.5. The highest BCUT2D eigenvalue weighted by molar-refractivity contribution is 5.97. The van der Waals surface area contributed by atoms with Crippen LogP contribution in [-0.4, -0.2) is 10.5 Å². The number of rotatable bonds is 26. The first-order valence-corrected chi connectivity index (χ1v) is 16.6. The molecular formula is C34H61OSi. The van der Waals surface area contributed by atoms with Crippen LogP contribution in [0.15, 0.2) is 12.1 Å². The molecule has 0 bridgehead atoms. The van der Waals surface area contributed by atoms with Crippen molar-refractivity contribution in [1.29, 1.82) is 0 Å². The van der Waals surface area contributed by atoms with E-state index in [1.54, 1.807) is 16.7 Å². The van der Waals surface area contributed by atoms with Crippen molar-refractivity contribution >= 4 is 10.5 Å². The molecule has 1 aromatic rings. The molecule has 0 saturated carbocycles. The highest BCUT2D eigenvalue weighted by Gasteiger charge is 2.13. The summed E-state index contributed by atoms with van der Waals surface area (Å²) < 4.78 is 5.47. The maximum Gasteiger partial charge on any atom is 0.246 e. The van der Waals surface area contributed by atoms with Crippen LogP contribution in [0.2, 0.25) is 0 Å². The van der Waals surface area contributed by atoms with Gasteiger partial charge in [-0.25, -0.2) is 0 Å². The van der Waals surface area contributed by atoms with Crippen molar-refractivity contribution in [2.24, 2.45) is 0 Å². The number of hydrogen-bond donors (Lipinski definition) is 0. The van der Waals surface area contributed by atoms with E-state index in [9.17, 15) is 0 Å². The first kappa shape index (κ1) is 33.4. The van der Waals surface area contributed by atoms with E-state index in [1.807, 2.05) is 0 Å². The SMILES string of the molecule is CCCCCCCCCc1ccc(CO[Si])c(CCCCCCCCC)c1CCCCCCCCC. The van der Waals surface area contributed by atoms with Crippen LogP contribution in [0.5, 0.6) is 0 Å². The van der Waals surface area contributed by atoms with Crippen LogP contribution < -0.4 is 0 Å². The Balaban J connectivity index is 2.77. The Morgan fingerprint density at radius 2 is 0.778 bits per heavy atom. The minimum absolute atomic E-state index is 0.685. The van der Waals surface area contributed by atoms with Gasteiger partial charge in [-0.2, -0.15) is 0 Å². The molecule has 0 aliphatic carbocycles. The van der Waals surface area contributed by atoms with Gasteiger partial charge in [-0.3, -0.25) is 0 Å². The molecule has 2 heteroatoms. The summed E-state index contributed by atoms with van der Waals surface area (Å²) in [6.45, 7) is 7.61. The van der Waals surface area contributed by atoms with Crippen LogP contribution in [0.1, 0.15) is 178 Å². The largest absolute Gasteiger partial charge is 0.414 e. The molecule has 207 valence electrons. The van der Waals surface area contributed by atoms with Gasteiger partial charge in [-0.15, -0.1) is 0 Å². The van der Waals surface area contributed by atoms with E-state index in [2.05, 4.69) is 43.4 Å². The maximum atomic E-state index is 5.47. The van der Waals surface area contributed by atoms with Crippen LogP contribution >= 0.6 is 0 Å². The van der Waals surface area contributed by atoms with Crippen LogP contribution in [0.3, 0.4) is 0 Å². The minimum Gasteiger partial charge on any atom is -0.414 e. The van der Waals surface area contributed by atoms with E-state index in [0.29, 0.717) is 6.61 Å². The van der Waals surface area contributed by atoms with Gasteiger partial charge >= 0.3 is 0 Å². The van der Waals surface area contributed by atoms with Crippen molar-refractivity contribution in [3.8, 4) is 0 Å². The third kappa shape index (κ3) is 16.3. The summed E-state index contributed by atoms with van der Waals surface area (Å²) in [6, 6.07) is 4.82. The molecule has 0 N–H and O–H groups in total. The molecule has 0 atom stereocenters. The van der Waals surface area contributed by atoms with Crippen molar-refractivity contribution in [1.82, 2.24) is 0 Å². The first-order chi connectivity index (χ1) is 17.8. The summed E-state index contributed by atoms with van der Waals surface area (Å²) in [5.74, 6) is 0. The van der Waals surface area contributed by atoms with Crippen molar-refractivity contribution in [2.45, 2.75) is 181 Å². The Morgan fingerprint density at radius 3 is 1.19 bits per heavy atom. The fraction of sp³-hybridized carbons (Fsp3) is 0.824. The Hall–Kier alpha value is -0.603. The number of aryl methyl sites for hydroxylation is 1. The molecule has 0 aliphatic rings. The van der Waals surface area contributed by atoms with Gasteiger partial charge in [0.1, 0.15) is 0 Å². The third-order valence-corrected chi connectivity index (χ3v) is 8.11. The zero-order valence-electron chi connectivity index (χ0n) is 24.7. The summed E-state index contributed by atoms with van der Waals surface area (Å²) in [5, 5.41) is 0. The fourth-order valence-corrected chi connectivity index (χ4v) is 5.81. The van der Waals surface area contributed by atoms with Crippen molar-refractivity contribution in [2.75, 3.05) is 0 Å². The summed E-state index contributed by atoms with van der Waals surface area (Å²) in [4.78, 5) is 0. The normalized spacial score (nSPS) is 11.4. The van der Waals surface area contributed by atoms with E-state index in [1.165, 1.54) is 160 Å². The van der Waals surface area contributed by atoms with E-state index < -0.39 is 0 Å². The molecule has 0 aliphatic heterocycles. The lowest BCUT2D eigenvalue weighted by Crippen LogP contribution is -2.07. The van der Waals surface area contributed by atoms with Crippen LogP contribution in [-0.2, 0) is 30.3 Å². The van der Waals surface area contributed by atoms with Gasteiger partial charge in [0.2, 0.25) is 10.5 Å². The predicted octanol–water partition coefficient (Wildman–Crippen LogP) is 11.2. The molecule has 0 unspecified atom stereocenters. The molecular weight excluding hydrogens is 452 g/mol. The maximum absolute atomic E-state index is 5.47. The van der Waals surface area contributed by atoms with Crippen LogP contribution in [0, 0.1) is 0 Å². The minimum atomic E-state index is 0.685. The molecule has 0 aromatic heterocycles. The Morgan fingerprint density at radius 1 is 0.444 bits per heavy atom. The van der Waals surface area contributed by atoms with Crippen molar-refractivity contribution < 1.29 is 4.43 Å². The smallest absolute Gasteiger partial charge is 0.246 e. The zero-order chi connectivity index (χ0) is 26.1. The van der Waals surface area contributed by atoms with Gasteiger partial charge < -0.3 is 4.43 Å². The second kappa shape index (κ2) is 24.7. The predicted molar refractivity (Wildman–Crippen MR) is 162 cm³/mol. The first-order valence-electron chi connectivity index (χ1n) is 16.2. The van der Waals surface area contributed by atoms with E-state index in [-0.39, 0.29) is 0 Å². The highest BCUT2D eigenvalue weighted by Crippen LogP contribution is 2.27. The van der Waals surface area contributed by atoms with Crippen LogP contribution in [0.4, 0.5) is 0 Å². The number of hydrogen-bond acceptors (Lipinski definition) is 1. The Kier molecular flexibility index (Phi) is 22.9. The average Bonchev–Trinajstić information content (AvgIpc) is 2.89. The molecule has 0 heterocycles. The molecule has 0 fully saturated rings. The topological polar surface area (TPSA) is 9.23 Å². The van der Waals surface area contributed by atoms with Crippen LogP contribution in [0.25, 0.3) is 0 Å². The molecule has 3 radical (unpaired) electrons. The number of unbranched alkanes of at least 4 members (excludes halogenated alkanes) is 18. The van der Waals surface area contributed by atoms with E-state index in [0.717, 1.165) is 0 Å². The Labute approximate surface area is 230 Å². The van der Waals surface area contributed by atoms with Crippen molar-refractivity contribution in [3.63, 3.8) is 0 Å². The standard InChI is InChI=1S/C34H61OSi/c1-4-7-10-13-16-19-22-25-31-28-29-32(30-35-36)34(27-24-21-18-15-12-9-6-3)33(31)26-23-20-17-14-11-8-5-2/h28-29H,4-27,30H2,1-3H3. The lowest BCUT2D eigenvalue weighted by molar-refractivity contribution is 0.336. The van der Waals surface area contributed by atoms with E-state index >= 15 is 0 Å². The van der Waals surface area contributed by atoms with Gasteiger partial charge in [0.15, 0.2) is 0 Å². The van der Waals surface area contributed by atoms with Gasteiger partial charge in [0.25, 0.3) is 0 Å². The summed E-state index contributed by atoms with van der Waals surface area (Å²) in [6.07, 6.45) is 32.9. The summed E-state index contributed by atoms with van der Waals surface area (Å²) in [7, 11) is 3.30. The Bertz CT molecular complexity index is 611. The van der Waals surface area contributed by atoms with Gasteiger partial charge in [0.05, 0.1) is 6.61 Å². The lowest BCUT2D eigenvalue weighted by atomic mass is 9.87. The lowest BCUT2D eigenvalue weighted by Gasteiger charge is -2.20. The van der Waals surface area contributed by atoms with Crippen molar-refractivity contribution in [3.05, 3.63) is 34.4 Å². The quantitative estimate of drug-likeness (QED) is 0.0883. The average molecular weight is 514 g/mol. The van der Waals surface area contributed by atoms with E-state index in [4.69, 9.17) is 4.43 Å². The molecule has 0 amide bonds. The zero-order valence-corrected chi connectivity index (χ0v) is 25.7. The molecule has 0 saturated heterocycles. The second-order valence-electron chi connectivity index (χ2n) is 11.2. The fourth-order valence-electron chi connectivity index (χ4n) is 5.65. The molecule has 1 aromatic carbocycles. The molecule has 36 heavy (non-hydrogen) atoms.